The van der Waals surface area contributed by atoms with Gasteiger partial charge in [0.25, 0.3) is 0 Å². The maximum absolute atomic E-state index is 8.74. The Morgan fingerprint density at radius 1 is 1.25 bits per heavy atom. The molecule has 8 heavy (non-hydrogen) atoms. The molecule has 7 nitrogen and oxygen atoms in total. The van der Waals surface area contributed by atoms with Gasteiger partial charge in [-0.15, -0.1) is 0 Å². The van der Waals surface area contributed by atoms with Crippen LogP contribution in [0, 0.1) is 0 Å². The van der Waals surface area contributed by atoms with Crippen molar-refractivity contribution in [2.75, 3.05) is 0 Å². The van der Waals surface area contributed by atoms with Crippen LogP contribution in [0.2, 0.25) is 0 Å². The summed E-state index contributed by atoms with van der Waals surface area (Å²) < 4.78 is 33.3. The molecule has 9 N–H and O–H groups in total. The van der Waals surface area contributed by atoms with Crippen LogP contribution < -0.4 is 9.62 Å². The third-order valence-corrected chi connectivity index (χ3v) is 0. The first-order chi connectivity index (χ1) is 2.00. The number of quaternary nitrogens is 1. The smallest absolute Gasteiger partial charge is 0.369 e. The fourth-order valence-corrected chi connectivity index (χ4v) is 0. The van der Waals surface area contributed by atoms with Crippen LogP contribution in [0.5, 0.6) is 0 Å². The Morgan fingerprint density at radius 2 is 1.25 bits per heavy atom. The Kier molecular flexibility index (Phi) is 21.7. The summed E-state index contributed by atoms with van der Waals surface area (Å²) in [5.74, 6) is 0. The first kappa shape index (κ1) is 24.1. The molecule has 8 heteroatoms. The van der Waals surface area contributed by atoms with Gasteiger partial charge in [-0.05, 0) is 0 Å². The van der Waals surface area contributed by atoms with Crippen LogP contribution in [0.25, 0.3) is 0 Å². The third-order valence-electron chi connectivity index (χ3n) is 0. The summed E-state index contributed by atoms with van der Waals surface area (Å²) in [6.07, 6.45) is 0. The van der Waals surface area contributed by atoms with E-state index < -0.39 is 19.0 Å². The zero-order valence-electron chi connectivity index (χ0n) is 4.08. The molecule has 0 aliphatic heterocycles. The molecule has 0 saturated heterocycles. The Balaban J connectivity index is -0.0000000267. The molecule has 0 saturated carbocycles. The molecule has 0 atom stereocenters. The van der Waals surface area contributed by atoms with Gasteiger partial charge in [0.2, 0.25) is 0 Å². The van der Waals surface area contributed by atoms with Crippen LogP contribution in [-0.4, -0.2) is 33.4 Å². The molecule has 0 aromatic rings. The van der Waals surface area contributed by atoms with E-state index >= 15 is 0 Å². The van der Waals surface area contributed by atoms with Crippen molar-refractivity contribution in [3.05, 3.63) is 0 Å². The minimum atomic E-state index is -5.77. The van der Waals surface area contributed by atoms with Crippen molar-refractivity contribution in [2.45, 2.75) is 0 Å². The molecule has 0 aliphatic rings. The maximum atomic E-state index is 8.74. The molecule has 0 heterocycles. The molecule has 56 valence electrons. The van der Waals surface area contributed by atoms with E-state index in [4.69, 9.17) is 13.2 Å². The van der Waals surface area contributed by atoms with Crippen LogP contribution in [0.1, 0.15) is 0 Å². The molecular weight excluding hydrogens is 238 g/mol. The zero-order chi connectivity index (χ0) is 4.50. The van der Waals surface area contributed by atoms with Gasteiger partial charge in [-0.2, -0.15) is 0 Å². The van der Waals surface area contributed by atoms with Crippen LogP contribution in [0.3, 0.4) is 0 Å². The van der Waals surface area contributed by atoms with Crippen LogP contribution in [0.4, 0.5) is 0 Å². The first-order valence-corrected chi connectivity index (χ1v) is 4.58. The number of hydrogen-bond acceptors (Lipinski definition) is 3. The second-order valence-corrected chi connectivity index (χ2v) is 2.87. The van der Waals surface area contributed by atoms with Gasteiger partial charge in [-0.25, -0.2) is 0 Å². The van der Waals surface area contributed by atoms with E-state index in [1.807, 2.05) is 0 Å². The SMILES string of the molecule is O.O.O=[Te](=O)([O-])O.[NH4+]. The zero-order valence-corrected chi connectivity index (χ0v) is 6.41. The van der Waals surface area contributed by atoms with E-state index in [-0.39, 0.29) is 17.1 Å². The van der Waals surface area contributed by atoms with Gasteiger partial charge < -0.3 is 17.1 Å². The quantitative estimate of drug-likeness (QED) is 0.419. The van der Waals surface area contributed by atoms with Gasteiger partial charge in [-0.3, -0.25) is 0 Å². The van der Waals surface area contributed by atoms with Crippen molar-refractivity contribution in [3.63, 3.8) is 0 Å². The van der Waals surface area contributed by atoms with Crippen molar-refractivity contribution in [3.8, 4) is 0 Å². The van der Waals surface area contributed by atoms with Gasteiger partial charge in [-0.1, -0.05) is 0 Å². The Labute approximate surface area is 49.8 Å². The third kappa shape index (κ3) is 4640. The largest absolute Gasteiger partial charge is 0.369 e. The van der Waals surface area contributed by atoms with E-state index in [0.29, 0.717) is 0 Å². The van der Waals surface area contributed by atoms with E-state index in [1.54, 1.807) is 0 Å². The Bertz CT molecular complexity index is 91.7. The summed E-state index contributed by atoms with van der Waals surface area (Å²) >= 11 is -5.77. The average Bonchev–Trinajstić information content (AvgIpc) is 0.722. The summed E-state index contributed by atoms with van der Waals surface area (Å²) in [4.78, 5) is 0. The molecule has 0 spiro atoms. The Morgan fingerprint density at radius 3 is 1.25 bits per heavy atom. The van der Waals surface area contributed by atoms with Crippen molar-refractivity contribution in [2.24, 2.45) is 0 Å². The second kappa shape index (κ2) is 7.19. The van der Waals surface area contributed by atoms with Crippen molar-refractivity contribution < 1.29 is 24.1 Å². The molecule has 0 unspecified atom stereocenters. The number of hydrogen-bond donors (Lipinski definition) is 2. The summed E-state index contributed by atoms with van der Waals surface area (Å²) in [7, 11) is 0. The predicted octanol–water partition coefficient (Wildman–Crippen LogP) is -3.64. The van der Waals surface area contributed by atoms with Crippen molar-refractivity contribution >= 4 is 19.0 Å². The normalized spacial score (nSPS) is 7.25. The topological polar surface area (TPSA) is 177 Å². The van der Waals surface area contributed by atoms with Gasteiger partial charge in [0, 0.05) is 0 Å². The molecule has 0 aromatic heterocycles. The second-order valence-electron chi connectivity index (χ2n) is 0.428. The summed E-state index contributed by atoms with van der Waals surface area (Å²) in [6, 6.07) is 0. The van der Waals surface area contributed by atoms with Crippen LogP contribution in [-0.2, 0) is 6.21 Å². The number of rotatable bonds is 0. The minimum absolute atomic E-state index is 0. The average molecular weight is 247 g/mol. The fourth-order valence-electron chi connectivity index (χ4n) is 0. The van der Waals surface area contributed by atoms with Crippen molar-refractivity contribution in [1.82, 2.24) is 6.15 Å². The monoisotopic (exact) mass is 249 g/mol. The van der Waals surface area contributed by atoms with E-state index in [9.17, 15) is 0 Å². The Hall–Kier alpha value is 0.190. The minimum Gasteiger partial charge on any atom is -0.369 e. The molecule has 0 aliphatic carbocycles. The van der Waals surface area contributed by atoms with Gasteiger partial charge in [0.15, 0.2) is 0 Å². The molecular formula is H9NO6Te. The molecule has 0 bridgehead atoms. The van der Waals surface area contributed by atoms with E-state index in [2.05, 4.69) is 0 Å². The van der Waals surface area contributed by atoms with E-state index in [1.165, 1.54) is 0 Å². The van der Waals surface area contributed by atoms with Gasteiger partial charge in [0.1, 0.15) is 0 Å². The van der Waals surface area contributed by atoms with Crippen molar-refractivity contribution in [1.29, 1.82) is 0 Å². The molecule has 0 fully saturated rings. The van der Waals surface area contributed by atoms with Crippen LogP contribution in [0.15, 0.2) is 0 Å². The molecule has 0 amide bonds. The summed E-state index contributed by atoms with van der Waals surface area (Å²) in [6.45, 7) is 0. The standard InChI is InChI=1S/H3N.H2O4Te.2H2O/c;1-5(2,3)4;;/h1H3;(H2,1,2,3,4);2*1H2. The first-order valence-electron chi connectivity index (χ1n) is 0.683. The fraction of sp³-hybridized carbons (Fsp3) is 0. The predicted molar refractivity (Wildman–Crippen MR) is 22.6 cm³/mol. The summed E-state index contributed by atoms with van der Waals surface area (Å²) in [5.41, 5.74) is 0. The maximum Gasteiger partial charge on any atom is -0.369 e. The van der Waals surface area contributed by atoms with Crippen LogP contribution >= 0.6 is 0 Å². The van der Waals surface area contributed by atoms with Gasteiger partial charge >= 0.3 is 32.1 Å². The molecule has 0 rings (SSSR count). The van der Waals surface area contributed by atoms with Gasteiger partial charge in [0.05, 0.1) is 0 Å². The van der Waals surface area contributed by atoms with E-state index in [0.717, 1.165) is 0 Å². The summed E-state index contributed by atoms with van der Waals surface area (Å²) in [5, 5.41) is 0. The molecule has 0 aromatic carbocycles. The molecule has 0 radical (unpaired) electrons.